The highest BCUT2D eigenvalue weighted by atomic mass is 16.6. The summed E-state index contributed by atoms with van der Waals surface area (Å²) in [6.07, 6.45) is -0.293. The van der Waals surface area contributed by atoms with E-state index in [-0.39, 0.29) is 19.3 Å². The Bertz CT molecular complexity index is 804. The van der Waals surface area contributed by atoms with Crippen molar-refractivity contribution in [3.8, 4) is 11.5 Å². The van der Waals surface area contributed by atoms with Crippen molar-refractivity contribution in [3.63, 3.8) is 0 Å². The number of carbonyl (C=O) groups is 2. The first kappa shape index (κ1) is 18.6. The van der Waals surface area contributed by atoms with Gasteiger partial charge in [0.05, 0.1) is 12.1 Å². The zero-order valence-corrected chi connectivity index (χ0v) is 15.3. The van der Waals surface area contributed by atoms with E-state index in [2.05, 4.69) is 5.32 Å². The molecule has 0 aliphatic carbocycles. The minimum absolute atomic E-state index is 0.266. The van der Waals surface area contributed by atoms with Crippen molar-refractivity contribution in [2.75, 3.05) is 38.8 Å². The zero-order chi connectivity index (χ0) is 19.2. The van der Waals surface area contributed by atoms with Crippen LogP contribution in [-0.2, 0) is 9.53 Å². The van der Waals surface area contributed by atoms with Crippen LogP contribution in [0.25, 0.3) is 0 Å². The first-order chi connectivity index (χ1) is 13.0. The first-order valence-electron chi connectivity index (χ1n) is 8.62. The van der Waals surface area contributed by atoms with E-state index in [4.69, 9.17) is 14.2 Å². The summed E-state index contributed by atoms with van der Waals surface area (Å²) in [5, 5.41) is 2.69. The summed E-state index contributed by atoms with van der Waals surface area (Å²) in [4.78, 5) is 25.9. The van der Waals surface area contributed by atoms with Crippen LogP contribution in [0.2, 0.25) is 0 Å². The Labute approximate surface area is 157 Å². The molecule has 1 atom stereocenters. The molecule has 3 rings (SSSR count). The van der Waals surface area contributed by atoms with Gasteiger partial charge in [-0.25, -0.2) is 4.79 Å². The maximum atomic E-state index is 12.0. The Balaban J connectivity index is 1.41. The lowest BCUT2D eigenvalue weighted by Gasteiger charge is -2.26. The fraction of sp³-hybridized carbons (Fsp3) is 0.300. The molecule has 1 aliphatic heterocycles. The third-order valence-corrected chi connectivity index (χ3v) is 4.05. The highest BCUT2D eigenvalue weighted by Crippen LogP contribution is 2.30. The first-order valence-corrected chi connectivity index (χ1v) is 8.62. The molecule has 0 unspecified atom stereocenters. The number of benzene rings is 2. The van der Waals surface area contributed by atoms with E-state index in [1.54, 1.807) is 12.1 Å². The van der Waals surface area contributed by atoms with Crippen LogP contribution in [0.15, 0.2) is 48.5 Å². The Morgan fingerprint density at radius 3 is 2.52 bits per heavy atom. The molecule has 0 saturated carbocycles. The van der Waals surface area contributed by atoms with Crippen LogP contribution in [0.4, 0.5) is 5.69 Å². The van der Waals surface area contributed by atoms with Gasteiger partial charge in [0, 0.05) is 19.8 Å². The summed E-state index contributed by atoms with van der Waals surface area (Å²) >= 11 is 0. The number of para-hydroxylation sites is 2. The summed E-state index contributed by atoms with van der Waals surface area (Å²) in [6, 6.07) is 14.3. The molecule has 0 saturated heterocycles. The quantitative estimate of drug-likeness (QED) is 0.783. The van der Waals surface area contributed by atoms with Crippen molar-refractivity contribution in [1.29, 1.82) is 0 Å². The second-order valence-electron chi connectivity index (χ2n) is 6.32. The van der Waals surface area contributed by atoms with Gasteiger partial charge in [-0.3, -0.25) is 4.79 Å². The van der Waals surface area contributed by atoms with E-state index in [0.29, 0.717) is 23.7 Å². The number of ether oxygens (including phenoxy) is 3. The molecule has 7 heteroatoms. The normalized spacial score (nSPS) is 15.0. The molecule has 0 bridgehead atoms. The van der Waals surface area contributed by atoms with E-state index in [0.717, 1.165) is 5.69 Å². The predicted molar refractivity (Wildman–Crippen MR) is 100 cm³/mol. The number of fused-ring (bicyclic) bond motifs is 1. The zero-order valence-electron chi connectivity index (χ0n) is 15.3. The van der Waals surface area contributed by atoms with Crippen LogP contribution in [0.3, 0.4) is 0 Å². The molecule has 1 heterocycles. The van der Waals surface area contributed by atoms with Crippen molar-refractivity contribution in [1.82, 2.24) is 5.32 Å². The van der Waals surface area contributed by atoms with E-state index in [9.17, 15) is 9.59 Å². The van der Waals surface area contributed by atoms with Crippen molar-refractivity contribution in [2.45, 2.75) is 6.10 Å². The molecule has 142 valence electrons. The van der Waals surface area contributed by atoms with Gasteiger partial charge in [0.2, 0.25) is 0 Å². The molecule has 7 nitrogen and oxygen atoms in total. The van der Waals surface area contributed by atoms with Gasteiger partial charge in [-0.1, -0.05) is 12.1 Å². The maximum absolute atomic E-state index is 12.0. The lowest BCUT2D eigenvalue weighted by atomic mass is 10.2. The third-order valence-electron chi connectivity index (χ3n) is 4.05. The summed E-state index contributed by atoms with van der Waals surface area (Å²) in [6.45, 7) is 0.260. The van der Waals surface area contributed by atoms with Crippen molar-refractivity contribution >= 4 is 17.6 Å². The Hall–Kier alpha value is -3.22. The summed E-state index contributed by atoms with van der Waals surface area (Å²) in [5.41, 5.74) is 1.37. The molecule has 1 amide bonds. The fourth-order valence-corrected chi connectivity index (χ4v) is 2.55. The summed E-state index contributed by atoms with van der Waals surface area (Å²) < 4.78 is 16.4. The van der Waals surface area contributed by atoms with Gasteiger partial charge >= 0.3 is 5.97 Å². The second kappa shape index (κ2) is 8.44. The van der Waals surface area contributed by atoms with Crippen LogP contribution < -0.4 is 19.7 Å². The molecule has 2 aromatic carbocycles. The van der Waals surface area contributed by atoms with E-state index in [1.807, 2.05) is 55.4 Å². The monoisotopic (exact) mass is 370 g/mol. The largest absolute Gasteiger partial charge is 0.486 e. The Morgan fingerprint density at radius 2 is 1.81 bits per heavy atom. The summed E-state index contributed by atoms with van der Waals surface area (Å²) in [5.74, 6) is 0.405. The Morgan fingerprint density at radius 1 is 1.11 bits per heavy atom. The smallest absolute Gasteiger partial charge is 0.338 e. The number of amides is 1. The molecule has 1 aliphatic rings. The van der Waals surface area contributed by atoms with Crippen molar-refractivity contribution in [2.24, 2.45) is 0 Å². The molecule has 0 aromatic heterocycles. The predicted octanol–water partition coefficient (Wildman–Crippen LogP) is 1.87. The number of esters is 1. The number of nitrogens with zero attached hydrogens (tertiary/aromatic N) is 1. The van der Waals surface area contributed by atoms with Crippen molar-refractivity contribution in [3.05, 3.63) is 54.1 Å². The summed E-state index contributed by atoms with van der Waals surface area (Å²) in [7, 11) is 3.83. The minimum Gasteiger partial charge on any atom is -0.486 e. The number of rotatable bonds is 6. The average Bonchev–Trinajstić information content (AvgIpc) is 2.70. The molecule has 2 aromatic rings. The molecular formula is C20H22N2O5. The van der Waals surface area contributed by atoms with Crippen molar-refractivity contribution < 1.29 is 23.8 Å². The number of carbonyl (C=O) groups excluding carboxylic acids is 2. The SMILES string of the molecule is CN(C)c1ccc(C(=O)OCC(=O)NC[C@H]2COc3ccccc3O2)cc1. The van der Waals surface area contributed by atoms with Gasteiger partial charge in [-0.15, -0.1) is 0 Å². The average molecular weight is 370 g/mol. The van der Waals surface area contributed by atoms with Crippen LogP contribution in [0.1, 0.15) is 10.4 Å². The fourth-order valence-electron chi connectivity index (χ4n) is 2.55. The Kier molecular flexibility index (Phi) is 5.80. The van der Waals surface area contributed by atoms with Gasteiger partial charge in [-0.2, -0.15) is 0 Å². The topological polar surface area (TPSA) is 77.1 Å². The van der Waals surface area contributed by atoms with Crippen LogP contribution >= 0.6 is 0 Å². The molecule has 0 radical (unpaired) electrons. The van der Waals surface area contributed by atoms with Gasteiger partial charge in [-0.05, 0) is 36.4 Å². The molecule has 0 spiro atoms. The number of nitrogens with one attached hydrogen (secondary N) is 1. The molecule has 27 heavy (non-hydrogen) atoms. The molecular weight excluding hydrogens is 348 g/mol. The van der Waals surface area contributed by atoms with Gasteiger partial charge < -0.3 is 24.4 Å². The minimum atomic E-state index is -0.540. The number of hydrogen-bond acceptors (Lipinski definition) is 6. The van der Waals surface area contributed by atoms with E-state index < -0.39 is 11.9 Å². The highest BCUT2D eigenvalue weighted by molar-refractivity contribution is 5.91. The third kappa shape index (κ3) is 4.91. The molecule has 1 N–H and O–H groups in total. The second-order valence-corrected chi connectivity index (χ2v) is 6.32. The van der Waals surface area contributed by atoms with Gasteiger partial charge in [0.1, 0.15) is 12.7 Å². The lowest BCUT2D eigenvalue weighted by molar-refractivity contribution is -0.124. The maximum Gasteiger partial charge on any atom is 0.338 e. The van der Waals surface area contributed by atoms with Crippen LogP contribution in [-0.4, -0.2) is 51.8 Å². The van der Waals surface area contributed by atoms with E-state index >= 15 is 0 Å². The van der Waals surface area contributed by atoms with Crippen LogP contribution in [0, 0.1) is 0 Å². The molecule has 0 fully saturated rings. The van der Waals surface area contributed by atoms with Gasteiger partial charge in [0.15, 0.2) is 18.1 Å². The van der Waals surface area contributed by atoms with E-state index in [1.165, 1.54) is 0 Å². The number of hydrogen-bond donors (Lipinski definition) is 1. The highest BCUT2D eigenvalue weighted by Gasteiger charge is 2.21. The lowest BCUT2D eigenvalue weighted by Crippen LogP contribution is -2.42. The standard InChI is InChI=1S/C20H22N2O5/c1-22(2)15-9-7-14(8-10-15)20(24)26-13-19(23)21-11-16-12-25-17-5-3-4-6-18(17)27-16/h3-10,16H,11-13H2,1-2H3,(H,21,23)/t16-/m0/s1. The van der Waals surface area contributed by atoms with Crippen LogP contribution in [0.5, 0.6) is 11.5 Å². The van der Waals surface area contributed by atoms with Gasteiger partial charge in [0.25, 0.3) is 5.91 Å². The number of anilines is 1.